The fourth-order valence-corrected chi connectivity index (χ4v) is 3.93. The third kappa shape index (κ3) is 3.58. The number of benzene rings is 2. The van der Waals surface area contributed by atoms with Gasteiger partial charge in [-0.25, -0.2) is 13.6 Å². The van der Waals surface area contributed by atoms with Crippen LogP contribution >= 0.6 is 23.2 Å². The van der Waals surface area contributed by atoms with Gasteiger partial charge >= 0.3 is 5.97 Å². The Hall–Kier alpha value is -3.22. The van der Waals surface area contributed by atoms with Crippen molar-refractivity contribution in [3.8, 4) is 11.1 Å². The van der Waals surface area contributed by atoms with Gasteiger partial charge in [-0.3, -0.25) is 4.79 Å². The average molecular weight is 460 g/mol. The van der Waals surface area contributed by atoms with Crippen molar-refractivity contribution in [3.05, 3.63) is 99.3 Å². The second-order valence-corrected chi connectivity index (χ2v) is 7.42. The lowest BCUT2D eigenvalue weighted by Gasteiger charge is -2.07. The molecule has 0 unspecified atom stereocenters. The van der Waals surface area contributed by atoms with Gasteiger partial charge in [0.05, 0.1) is 39.5 Å². The molecular weight excluding hydrogens is 447 g/mol. The zero-order chi connectivity index (χ0) is 22.3. The topological polar surface area (TPSA) is 47.8 Å². The Morgan fingerprint density at radius 2 is 1.71 bits per heavy atom. The number of carbonyl (C=O) groups excluding carboxylic acids is 2. The van der Waals surface area contributed by atoms with E-state index < -0.39 is 28.4 Å². The lowest BCUT2D eigenvalue weighted by molar-refractivity contribution is 0.0600. The molecule has 2 aromatic heterocycles. The van der Waals surface area contributed by atoms with Crippen molar-refractivity contribution in [1.82, 2.24) is 4.40 Å². The summed E-state index contributed by atoms with van der Waals surface area (Å²) in [6, 6.07) is 12.8. The molecule has 156 valence electrons. The molecule has 4 nitrogen and oxygen atoms in total. The first-order valence-corrected chi connectivity index (χ1v) is 9.75. The molecule has 4 rings (SSSR count). The molecule has 0 fully saturated rings. The SMILES string of the molecule is COC(=O)c1ccc(-c2cc(C(=O)c3c(Cl)ccc(F)c3Cl)n3ccccc23)c(F)c1. The molecule has 0 aliphatic heterocycles. The van der Waals surface area contributed by atoms with Gasteiger partial charge in [0.1, 0.15) is 11.6 Å². The minimum Gasteiger partial charge on any atom is -0.465 e. The first kappa shape index (κ1) is 21.0. The van der Waals surface area contributed by atoms with Crippen molar-refractivity contribution in [2.75, 3.05) is 7.11 Å². The van der Waals surface area contributed by atoms with Crippen molar-refractivity contribution < 1.29 is 23.1 Å². The van der Waals surface area contributed by atoms with Gasteiger partial charge < -0.3 is 9.14 Å². The number of carbonyl (C=O) groups is 2. The van der Waals surface area contributed by atoms with Gasteiger partial charge in [-0.15, -0.1) is 0 Å². The lowest BCUT2D eigenvalue weighted by Crippen LogP contribution is -2.07. The summed E-state index contributed by atoms with van der Waals surface area (Å²) in [5.74, 6) is -2.73. The summed E-state index contributed by atoms with van der Waals surface area (Å²) in [7, 11) is 1.20. The van der Waals surface area contributed by atoms with E-state index in [2.05, 4.69) is 4.74 Å². The van der Waals surface area contributed by atoms with E-state index in [1.807, 2.05) is 0 Å². The van der Waals surface area contributed by atoms with Crippen LogP contribution in [0.25, 0.3) is 16.6 Å². The van der Waals surface area contributed by atoms with Crippen molar-refractivity contribution >= 4 is 40.5 Å². The summed E-state index contributed by atoms with van der Waals surface area (Å²) in [5, 5.41) is -0.393. The number of methoxy groups -OCH3 is 1. The molecule has 8 heteroatoms. The van der Waals surface area contributed by atoms with Crippen LogP contribution in [0.3, 0.4) is 0 Å². The van der Waals surface area contributed by atoms with Crippen LogP contribution < -0.4 is 0 Å². The normalized spacial score (nSPS) is 11.0. The van der Waals surface area contributed by atoms with Crippen molar-refractivity contribution in [2.45, 2.75) is 0 Å². The molecule has 0 saturated heterocycles. The first-order chi connectivity index (χ1) is 14.8. The van der Waals surface area contributed by atoms with Gasteiger partial charge in [0.25, 0.3) is 0 Å². The van der Waals surface area contributed by atoms with Crippen LogP contribution in [0.5, 0.6) is 0 Å². The predicted octanol–water partition coefficient (Wildman–Crippen LogP) is 6.21. The van der Waals surface area contributed by atoms with E-state index in [4.69, 9.17) is 23.2 Å². The van der Waals surface area contributed by atoms with Gasteiger partial charge in [-0.2, -0.15) is 0 Å². The Labute approximate surface area is 185 Å². The smallest absolute Gasteiger partial charge is 0.337 e. The predicted molar refractivity (Wildman–Crippen MR) is 114 cm³/mol. The van der Waals surface area contributed by atoms with Gasteiger partial charge in [0.15, 0.2) is 0 Å². The second-order valence-electron chi connectivity index (χ2n) is 6.63. The summed E-state index contributed by atoms with van der Waals surface area (Å²) in [6.07, 6.45) is 1.62. The van der Waals surface area contributed by atoms with Crippen molar-refractivity contribution in [2.24, 2.45) is 0 Å². The summed E-state index contributed by atoms with van der Waals surface area (Å²) in [4.78, 5) is 24.9. The molecule has 2 heterocycles. The van der Waals surface area contributed by atoms with Gasteiger partial charge in [-0.05, 0) is 42.5 Å². The third-order valence-corrected chi connectivity index (χ3v) is 5.54. The number of ketones is 1. The highest BCUT2D eigenvalue weighted by Crippen LogP contribution is 2.34. The van der Waals surface area contributed by atoms with Crippen LogP contribution in [0, 0.1) is 11.6 Å². The first-order valence-electron chi connectivity index (χ1n) is 9.00. The maximum absolute atomic E-state index is 14.9. The third-order valence-electron chi connectivity index (χ3n) is 4.86. The Morgan fingerprint density at radius 3 is 2.42 bits per heavy atom. The molecule has 4 aromatic rings. The Kier molecular flexibility index (Phi) is 5.52. The maximum Gasteiger partial charge on any atom is 0.337 e. The number of pyridine rings is 1. The van der Waals surface area contributed by atoms with Crippen molar-refractivity contribution in [3.63, 3.8) is 0 Å². The van der Waals surface area contributed by atoms with Crippen LogP contribution in [-0.2, 0) is 4.74 Å². The highest BCUT2D eigenvalue weighted by Gasteiger charge is 2.24. The van der Waals surface area contributed by atoms with E-state index in [0.717, 1.165) is 12.1 Å². The molecule has 0 radical (unpaired) electrons. The number of aromatic nitrogens is 1. The quantitative estimate of drug-likeness (QED) is 0.207. The number of ether oxygens (including phenoxy) is 1. The van der Waals surface area contributed by atoms with Crippen LogP contribution in [0.15, 0.2) is 60.8 Å². The molecule has 0 saturated carbocycles. The van der Waals surface area contributed by atoms with Crippen LogP contribution in [0.2, 0.25) is 10.0 Å². The number of nitrogens with zero attached hydrogens (tertiary/aromatic N) is 1. The van der Waals surface area contributed by atoms with E-state index in [1.54, 1.807) is 28.8 Å². The van der Waals surface area contributed by atoms with Gasteiger partial charge in [0.2, 0.25) is 5.78 Å². The van der Waals surface area contributed by atoms with Crippen LogP contribution in [0.4, 0.5) is 8.78 Å². The molecule has 31 heavy (non-hydrogen) atoms. The summed E-state index contributed by atoms with van der Waals surface area (Å²) in [5.41, 5.74) is 1.10. The number of hydrogen-bond acceptors (Lipinski definition) is 3. The largest absolute Gasteiger partial charge is 0.465 e. The van der Waals surface area contributed by atoms with E-state index in [1.165, 1.54) is 31.4 Å². The van der Waals surface area contributed by atoms with E-state index in [9.17, 15) is 18.4 Å². The number of hydrogen-bond donors (Lipinski definition) is 0. The summed E-state index contributed by atoms with van der Waals surface area (Å²) in [6.45, 7) is 0. The zero-order valence-electron chi connectivity index (χ0n) is 16.0. The molecule has 0 bridgehead atoms. The Morgan fingerprint density at radius 1 is 0.935 bits per heavy atom. The molecule has 0 aliphatic rings. The summed E-state index contributed by atoms with van der Waals surface area (Å²) < 4.78 is 35.0. The maximum atomic E-state index is 14.9. The molecule has 0 aliphatic carbocycles. The Bertz CT molecular complexity index is 1360. The number of fused-ring (bicyclic) bond motifs is 1. The molecule has 2 aromatic carbocycles. The molecule has 0 atom stereocenters. The summed E-state index contributed by atoms with van der Waals surface area (Å²) >= 11 is 12.1. The number of rotatable bonds is 4. The van der Waals surface area contributed by atoms with E-state index in [0.29, 0.717) is 11.1 Å². The second kappa shape index (κ2) is 8.13. The molecular formula is C23H13Cl2F2NO3. The minimum absolute atomic E-state index is 0.00237. The average Bonchev–Trinajstić information content (AvgIpc) is 3.15. The van der Waals surface area contributed by atoms with Crippen LogP contribution in [0.1, 0.15) is 26.4 Å². The monoisotopic (exact) mass is 459 g/mol. The van der Waals surface area contributed by atoms with Gasteiger partial charge in [0, 0.05) is 17.3 Å². The highest BCUT2D eigenvalue weighted by molar-refractivity contribution is 6.41. The zero-order valence-corrected chi connectivity index (χ0v) is 17.5. The van der Waals surface area contributed by atoms with Gasteiger partial charge in [-0.1, -0.05) is 35.3 Å². The fourth-order valence-electron chi connectivity index (χ4n) is 3.39. The standard InChI is InChI=1S/C23H13Cl2F2NO3/c1-31-23(30)12-5-6-13(17(27)10-12)14-11-19(28-9-3-2-4-18(14)28)22(29)20-15(24)7-8-16(26)21(20)25/h2-11H,1H3. The van der Waals surface area contributed by atoms with Crippen molar-refractivity contribution in [1.29, 1.82) is 0 Å². The molecule has 0 N–H and O–H groups in total. The minimum atomic E-state index is -0.778. The number of esters is 1. The molecule has 0 spiro atoms. The Balaban J connectivity index is 1.92. The lowest BCUT2D eigenvalue weighted by atomic mass is 10.0. The van der Waals surface area contributed by atoms with Crippen LogP contribution in [-0.4, -0.2) is 23.3 Å². The number of halogens is 4. The fraction of sp³-hybridized carbons (Fsp3) is 0.0435. The molecule has 0 amide bonds. The highest BCUT2D eigenvalue weighted by atomic mass is 35.5. The van der Waals surface area contributed by atoms with E-state index in [-0.39, 0.29) is 27.4 Å². The van der Waals surface area contributed by atoms with E-state index >= 15 is 0 Å².